The second-order valence-corrected chi connectivity index (χ2v) is 4.91. The van der Waals surface area contributed by atoms with Crippen molar-refractivity contribution in [3.05, 3.63) is 28.8 Å². The maximum absolute atomic E-state index is 12.0. The Kier molecular flexibility index (Phi) is 5.37. The van der Waals surface area contributed by atoms with Crippen LogP contribution in [0, 0.1) is 13.8 Å². The highest BCUT2D eigenvalue weighted by atomic mass is 16.2. The van der Waals surface area contributed by atoms with Gasteiger partial charge < -0.3 is 21.3 Å². The lowest BCUT2D eigenvalue weighted by atomic mass is 10.0. The van der Waals surface area contributed by atoms with Gasteiger partial charge in [-0.25, -0.2) is 4.79 Å². The zero-order valence-electron chi connectivity index (χ0n) is 12.4. The Morgan fingerprint density at radius 2 is 1.70 bits per heavy atom. The number of benzene rings is 1. The van der Waals surface area contributed by atoms with Gasteiger partial charge in [0.2, 0.25) is 0 Å². The molecule has 0 atom stereocenters. The third kappa shape index (κ3) is 4.15. The minimum atomic E-state index is -0.187. The van der Waals surface area contributed by atoms with Crippen LogP contribution in [0.15, 0.2) is 12.1 Å². The number of amides is 3. The fourth-order valence-electron chi connectivity index (χ4n) is 1.71. The number of carbonyl (C=O) groups excluding carboxylic acids is 2. The second kappa shape index (κ2) is 6.79. The number of nitrogens with one attached hydrogen (secondary N) is 2. The number of nitrogen functional groups attached to an aromatic ring is 1. The summed E-state index contributed by atoms with van der Waals surface area (Å²) < 4.78 is 0. The molecular weight excluding hydrogens is 256 g/mol. The smallest absolute Gasteiger partial charge is 0.316 e. The number of nitrogens with two attached hydrogens (primary N) is 1. The van der Waals surface area contributed by atoms with Gasteiger partial charge in [-0.3, -0.25) is 4.79 Å². The van der Waals surface area contributed by atoms with Crippen LogP contribution in [0.25, 0.3) is 0 Å². The number of hydrogen-bond donors (Lipinski definition) is 3. The third-order valence-corrected chi connectivity index (χ3v) is 2.95. The molecule has 0 bridgehead atoms. The average molecular weight is 278 g/mol. The van der Waals surface area contributed by atoms with E-state index in [1.54, 1.807) is 20.2 Å². The van der Waals surface area contributed by atoms with E-state index < -0.39 is 0 Å². The van der Waals surface area contributed by atoms with Gasteiger partial charge >= 0.3 is 6.03 Å². The summed E-state index contributed by atoms with van der Waals surface area (Å²) in [6.07, 6.45) is 0. The number of aryl methyl sites for hydroxylation is 2. The lowest BCUT2D eigenvalue weighted by Gasteiger charge is -2.13. The molecule has 0 saturated carbocycles. The molecule has 1 aromatic carbocycles. The van der Waals surface area contributed by atoms with Crippen LogP contribution in [-0.2, 0) is 0 Å². The van der Waals surface area contributed by atoms with Crippen LogP contribution in [0.3, 0.4) is 0 Å². The van der Waals surface area contributed by atoms with Gasteiger partial charge in [0, 0.05) is 38.4 Å². The van der Waals surface area contributed by atoms with Gasteiger partial charge in [-0.05, 0) is 31.0 Å². The van der Waals surface area contributed by atoms with Crippen molar-refractivity contribution >= 4 is 17.6 Å². The number of anilines is 1. The summed E-state index contributed by atoms with van der Waals surface area (Å²) >= 11 is 0. The van der Waals surface area contributed by atoms with E-state index in [0.717, 1.165) is 11.1 Å². The number of hydrogen-bond acceptors (Lipinski definition) is 3. The zero-order valence-corrected chi connectivity index (χ0v) is 12.4. The highest BCUT2D eigenvalue weighted by Gasteiger charge is 2.10. The molecule has 1 rings (SSSR count). The molecule has 6 nitrogen and oxygen atoms in total. The van der Waals surface area contributed by atoms with Crippen molar-refractivity contribution in [2.75, 3.05) is 32.9 Å². The van der Waals surface area contributed by atoms with Crippen LogP contribution in [0.5, 0.6) is 0 Å². The lowest BCUT2D eigenvalue weighted by molar-refractivity contribution is 0.0953. The van der Waals surface area contributed by atoms with E-state index >= 15 is 0 Å². The average Bonchev–Trinajstić information content (AvgIpc) is 2.38. The highest BCUT2D eigenvalue weighted by Crippen LogP contribution is 2.17. The Balaban J connectivity index is 2.52. The molecule has 0 heterocycles. The molecule has 3 amide bonds. The fourth-order valence-corrected chi connectivity index (χ4v) is 1.71. The van der Waals surface area contributed by atoms with E-state index in [9.17, 15) is 9.59 Å². The largest absolute Gasteiger partial charge is 0.398 e. The molecule has 0 aromatic heterocycles. The Bertz CT molecular complexity index is 512. The summed E-state index contributed by atoms with van der Waals surface area (Å²) in [5.41, 5.74) is 8.81. The van der Waals surface area contributed by atoms with Gasteiger partial charge in [0.05, 0.1) is 0 Å². The Hall–Kier alpha value is -2.24. The molecule has 0 aliphatic rings. The van der Waals surface area contributed by atoms with Crippen molar-refractivity contribution in [1.29, 1.82) is 0 Å². The monoisotopic (exact) mass is 278 g/mol. The lowest BCUT2D eigenvalue weighted by Crippen LogP contribution is -2.39. The maximum atomic E-state index is 12.0. The summed E-state index contributed by atoms with van der Waals surface area (Å²) in [6.45, 7) is 4.52. The molecular formula is C14H22N4O2. The van der Waals surface area contributed by atoms with Gasteiger partial charge in [-0.2, -0.15) is 0 Å². The van der Waals surface area contributed by atoms with E-state index in [1.807, 2.05) is 19.9 Å². The molecule has 20 heavy (non-hydrogen) atoms. The van der Waals surface area contributed by atoms with Crippen molar-refractivity contribution < 1.29 is 9.59 Å². The summed E-state index contributed by atoms with van der Waals surface area (Å²) in [7, 11) is 3.32. The molecule has 0 radical (unpaired) electrons. The number of nitrogens with zero attached hydrogens (tertiary/aromatic N) is 1. The normalized spacial score (nSPS) is 10.0. The summed E-state index contributed by atoms with van der Waals surface area (Å²) in [4.78, 5) is 24.7. The minimum Gasteiger partial charge on any atom is -0.398 e. The van der Waals surface area contributed by atoms with Gasteiger partial charge in [-0.15, -0.1) is 0 Å². The van der Waals surface area contributed by atoms with Gasteiger partial charge in [0.15, 0.2) is 0 Å². The van der Waals surface area contributed by atoms with Crippen molar-refractivity contribution in [1.82, 2.24) is 15.5 Å². The molecule has 0 saturated heterocycles. The minimum absolute atomic E-state index is 0.185. The highest BCUT2D eigenvalue weighted by molar-refractivity contribution is 5.96. The second-order valence-electron chi connectivity index (χ2n) is 4.91. The van der Waals surface area contributed by atoms with Gasteiger partial charge in [0.1, 0.15) is 0 Å². The van der Waals surface area contributed by atoms with Crippen LogP contribution >= 0.6 is 0 Å². The van der Waals surface area contributed by atoms with Crippen molar-refractivity contribution in [2.45, 2.75) is 13.8 Å². The maximum Gasteiger partial charge on any atom is 0.316 e. The molecule has 0 fully saturated rings. The van der Waals surface area contributed by atoms with Gasteiger partial charge in [0.25, 0.3) is 5.91 Å². The van der Waals surface area contributed by atoms with Crippen molar-refractivity contribution in [3.8, 4) is 0 Å². The number of carbonyl (C=O) groups is 2. The molecule has 6 heteroatoms. The van der Waals surface area contributed by atoms with E-state index in [0.29, 0.717) is 24.3 Å². The number of urea groups is 1. The topological polar surface area (TPSA) is 87.5 Å². The van der Waals surface area contributed by atoms with Gasteiger partial charge in [-0.1, -0.05) is 6.07 Å². The van der Waals surface area contributed by atoms with Crippen LogP contribution in [-0.4, -0.2) is 44.0 Å². The Morgan fingerprint density at radius 3 is 2.30 bits per heavy atom. The van der Waals surface area contributed by atoms with Crippen molar-refractivity contribution in [3.63, 3.8) is 0 Å². The standard InChI is InChI=1S/C14H22N4O2/c1-9-7-10(2)12(15)8-11(9)13(19)16-5-6-17-14(20)18(3)4/h7-8H,5-6,15H2,1-4H3,(H,16,19)(H,17,20). The summed E-state index contributed by atoms with van der Waals surface area (Å²) in [5, 5.41) is 5.42. The first kappa shape index (κ1) is 15.8. The quantitative estimate of drug-likeness (QED) is 0.564. The third-order valence-electron chi connectivity index (χ3n) is 2.95. The fraction of sp³-hybridized carbons (Fsp3) is 0.429. The van der Waals surface area contributed by atoms with Crippen LogP contribution in [0.4, 0.5) is 10.5 Å². The van der Waals surface area contributed by atoms with Crippen molar-refractivity contribution in [2.24, 2.45) is 0 Å². The molecule has 0 spiro atoms. The Labute approximate surface area is 119 Å². The first-order valence-corrected chi connectivity index (χ1v) is 6.43. The van der Waals surface area contributed by atoms with E-state index in [1.165, 1.54) is 4.90 Å². The molecule has 4 N–H and O–H groups in total. The molecule has 1 aromatic rings. The van der Waals surface area contributed by atoms with E-state index in [2.05, 4.69) is 10.6 Å². The van der Waals surface area contributed by atoms with Crippen LogP contribution in [0.1, 0.15) is 21.5 Å². The van der Waals surface area contributed by atoms with Crippen LogP contribution in [0.2, 0.25) is 0 Å². The summed E-state index contributed by atoms with van der Waals surface area (Å²) in [6, 6.07) is 3.38. The molecule has 0 aliphatic heterocycles. The summed E-state index contributed by atoms with van der Waals surface area (Å²) in [5.74, 6) is -0.187. The van der Waals surface area contributed by atoms with E-state index in [-0.39, 0.29) is 11.9 Å². The first-order chi connectivity index (χ1) is 9.32. The predicted octanol–water partition coefficient (Wildman–Crippen LogP) is 0.887. The SMILES string of the molecule is Cc1cc(C)c(C(=O)NCCNC(=O)N(C)C)cc1N. The number of rotatable bonds is 4. The first-order valence-electron chi connectivity index (χ1n) is 6.43. The molecule has 0 unspecified atom stereocenters. The Morgan fingerprint density at radius 1 is 1.10 bits per heavy atom. The molecule has 0 aliphatic carbocycles. The van der Waals surface area contributed by atoms with Crippen LogP contribution < -0.4 is 16.4 Å². The molecule has 110 valence electrons. The van der Waals surface area contributed by atoms with E-state index in [4.69, 9.17) is 5.73 Å². The zero-order chi connectivity index (χ0) is 15.3. The predicted molar refractivity (Wildman–Crippen MR) is 79.7 cm³/mol.